The SMILES string of the molecule is COCCC(CN)COc1cccc(Cl)c1. The van der Waals surface area contributed by atoms with Gasteiger partial charge in [-0.3, -0.25) is 0 Å². The lowest BCUT2D eigenvalue weighted by Gasteiger charge is -2.15. The summed E-state index contributed by atoms with van der Waals surface area (Å²) in [6.45, 7) is 1.91. The summed E-state index contributed by atoms with van der Waals surface area (Å²) in [5, 5.41) is 0.679. The molecule has 1 aromatic carbocycles. The normalized spacial score (nSPS) is 12.4. The van der Waals surface area contributed by atoms with Crippen LogP contribution in [0.5, 0.6) is 5.75 Å². The molecule has 16 heavy (non-hydrogen) atoms. The van der Waals surface area contributed by atoms with Crippen molar-refractivity contribution in [3.63, 3.8) is 0 Å². The van der Waals surface area contributed by atoms with Gasteiger partial charge in [-0.15, -0.1) is 0 Å². The topological polar surface area (TPSA) is 44.5 Å². The third-order valence-electron chi connectivity index (χ3n) is 2.35. The van der Waals surface area contributed by atoms with Gasteiger partial charge < -0.3 is 15.2 Å². The molecule has 90 valence electrons. The van der Waals surface area contributed by atoms with Crippen LogP contribution in [0.1, 0.15) is 6.42 Å². The Morgan fingerprint density at radius 3 is 2.88 bits per heavy atom. The fourth-order valence-electron chi connectivity index (χ4n) is 1.32. The van der Waals surface area contributed by atoms with Gasteiger partial charge in [0.05, 0.1) is 6.61 Å². The maximum atomic E-state index is 5.85. The highest BCUT2D eigenvalue weighted by Crippen LogP contribution is 2.18. The Morgan fingerprint density at radius 1 is 1.44 bits per heavy atom. The highest BCUT2D eigenvalue weighted by atomic mass is 35.5. The highest BCUT2D eigenvalue weighted by molar-refractivity contribution is 6.30. The molecular formula is C12H18ClNO2. The molecule has 0 saturated carbocycles. The molecular weight excluding hydrogens is 226 g/mol. The maximum Gasteiger partial charge on any atom is 0.120 e. The van der Waals surface area contributed by atoms with Crippen molar-refractivity contribution in [2.45, 2.75) is 6.42 Å². The number of hydrogen-bond donors (Lipinski definition) is 1. The van der Waals surface area contributed by atoms with Gasteiger partial charge in [-0.2, -0.15) is 0 Å². The summed E-state index contributed by atoms with van der Waals surface area (Å²) in [5.74, 6) is 1.10. The van der Waals surface area contributed by atoms with Crippen molar-refractivity contribution in [1.29, 1.82) is 0 Å². The second-order valence-electron chi connectivity index (χ2n) is 3.65. The highest BCUT2D eigenvalue weighted by Gasteiger charge is 2.07. The van der Waals surface area contributed by atoms with Crippen molar-refractivity contribution in [1.82, 2.24) is 0 Å². The number of hydrogen-bond acceptors (Lipinski definition) is 3. The Kier molecular flexibility index (Phi) is 6.23. The van der Waals surface area contributed by atoms with Crippen LogP contribution in [0.15, 0.2) is 24.3 Å². The maximum absolute atomic E-state index is 5.85. The minimum absolute atomic E-state index is 0.318. The monoisotopic (exact) mass is 243 g/mol. The molecule has 1 unspecified atom stereocenters. The number of benzene rings is 1. The number of ether oxygens (including phenoxy) is 2. The largest absolute Gasteiger partial charge is 0.493 e. The first-order valence-corrected chi connectivity index (χ1v) is 5.71. The van der Waals surface area contributed by atoms with Crippen molar-refractivity contribution in [2.24, 2.45) is 11.7 Å². The molecule has 0 saturated heterocycles. The van der Waals surface area contributed by atoms with E-state index in [1.165, 1.54) is 0 Å². The minimum atomic E-state index is 0.318. The zero-order valence-electron chi connectivity index (χ0n) is 9.49. The molecule has 0 aliphatic carbocycles. The molecule has 0 amide bonds. The smallest absolute Gasteiger partial charge is 0.120 e. The van der Waals surface area contributed by atoms with Crippen molar-refractivity contribution in [2.75, 3.05) is 26.9 Å². The Balaban J connectivity index is 2.37. The van der Waals surface area contributed by atoms with E-state index < -0.39 is 0 Å². The molecule has 0 spiro atoms. The third-order valence-corrected chi connectivity index (χ3v) is 2.58. The van der Waals surface area contributed by atoms with Crippen LogP contribution in [0.25, 0.3) is 0 Å². The second-order valence-corrected chi connectivity index (χ2v) is 4.09. The lowest BCUT2D eigenvalue weighted by Crippen LogP contribution is -2.22. The van der Waals surface area contributed by atoms with Crippen LogP contribution in [0.4, 0.5) is 0 Å². The molecule has 0 fully saturated rings. The summed E-state index contributed by atoms with van der Waals surface area (Å²) >= 11 is 5.85. The molecule has 4 heteroatoms. The van der Waals surface area contributed by atoms with Gasteiger partial charge in [0.25, 0.3) is 0 Å². The van der Waals surface area contributed by atoms with Gasteiger partial charge in [-0.05, 0) is 31.2 Å². The van der Waals surface area contributed by atoms with Crippen LogP contribution < -0.4 is 10.5 Å². The molecule has 2 N–H and O–H groups in total. The molecule has 0 aliphatic heterocycles. The molecule has 0 heterocycles. The van der Waals surface area contributed by atoms with Crippen molar-refractivity contribution in [3.8, 4) is 5.75 Å². The van der Waals surface area contributed by atoms with Crippen LogP contribution in [-0.4, -0.2) is 26.9 Å². The van der Waals surface area contributed by atoms with E-state index in [-0.39, 0.29) is 0 Å². The predicted octanol–water partition coefficient (Wildman–Crippen LogP) is 2.33. The predicted molar refractivity (Wildman–Crippen MR) is 66.0 cm³/mol. The Labute approximate surface area is 101 Å². The van der Waals surface area contributed by atoms with E-state index in [1.54, 1.807) is 13.2 Å². The van der Waals surface area contributed by atoms with E-state index in [1.807, 2.05) is 18.2 Å². The third kappa shape index (κ3) is 4.84. The average Bonchev–Trinajstić information content (AvgIpc) is 2.29. The lowest BCUT2D eigenvalue weighted by atomic mass is 10.1. The molecule has 1 atom stereocenters. The molecule has 0 aliphatic rings. The molecule has 1 rings (SSSR count). The van der Waals surface area contributed by atoms with Gasteiger partial charge in [0.2, 0.25) is 0 Å². The van der Waals surface area contributed by atoms with Crippen LogP contribution in [0, 0.1) is 5.92 Å². The molecule has 1 aromatic rings. The molecule has 0 bridgehead atoms. The van der Waals surface area contributed by atoms with Gasteiger partial charge in [-0.25, -0.2) is 0 Å². The number of halogens is 1. The fraction of sp³-hybridized carbons (Fsp3) is 0.500. The zero-order valence-corrected chi connectivity index (χ0v) is 10.2. The summed E-state index contributed by atoms with van der Waals surface area (Å²) in [6.07, 6.45) is 0.910. The van der Waals surface area contributed by atoms with E-state index in [0.29, 0.717) is 30.7 Å². The standard InChI is InChI=1S/C12H18ClNO2/c1-15-6-5-10(8-14)9-16-12-4-2-3-11(13)7-12/h2-4,7,10H,5-6,8-9,14H2,1H3. The Hall–Kier alpha value is -0.770. The van der Waals surface area contributed by atoms with Crippen molar-refractivity contribution >= 4 is 11.6 Å². The van der Waals surface area contributed by atoms with Gasteiger partial charge in [0.15, 0.2) is 0 Å². The lowest BCUT2D eigenvalue weighted by molar-refractivity contribution is 0.157. The molecule has 3 nitrogen and oxygen atoms in total. The van der Waals surface area contributed by atoms with E-state index in [9.17, 15) is 0 Å². The summed E-state index contributed by atoms with van der Waals surface area (Å²) in [7, 11) is 1.69. The molecule has 0 radical (unpaired) electrons. The van der Waals surface area contributed by atoms with Crippen molar-refractivity contribution < 1.29 is 9.47 Å². The van der Waals surface area contributed by atoms with E-state index in [2.05, 4.69) is 0 Å². The summed E-state index contributed by atoms with van der Waals surface area (Å²) in [5.41, 5.74) is 5.65. The number of nitrogens with two attached hydrogens (primary N) is 1. The minimum Gasteiger partial charge on any atom is -0.493 e. The number of rotatable bonds is 7. The fourth-order valence-corrected chi connectivity index (χ4v) is 1.50. The van der Waals surface area contributed by atoms with Crippen molar-refractivity contribution in [3.05, 3.63) is 29.3 Å². The first-order valence-electron chi connectivity index (χ1n) is 5.33. The van der Waals surface area contributed by atoms with Crippen LogP contribution in [-0.2, 0) is 4.74 Å². The van der Waals surface area contributed by atoms with E-state index in [4.69, 9.17) is 26.8 Å². The van der Waals surface area contributed by atoms with Gasteiger partial charge >= 0.3 is 0 Å². The summed E-state index contributed by atoms with van der Waals surface area (Å²) in [6, 6.07) is 7.37. The van der Waals surface area contributed by atoms with E-state index >= 15 is 0 Å². The Morgan fingerprint density at radius 2 is 2.25 bits per heavy atom. The second kappa shape index (κ2) is 7.49. The first kappa shape index (κ1) is 13.3. The quantitative estimate of drug-likeness (QED) is 0.800. The Bertz CT molecular complexity index is 307. The van der Waals surface area contributed by atoms with Crippen LogP contribution in [0.2, 0.25) is 5.02 Å². The van der Waals surface area contributed by atoms with Gasteiger partial charge in [0, 0.05) is 24.7 Å². The average molecular weight is 244 g/mol. The summed E-state index contributed by atoms with van der Waals surface area (Å²) in [4.78, 5) is 0. The van der Waals surface area contributed by atoms with Gasteiger partial charge in [0.1, 0.15) is 5.75 Å². The van der Waals surface area contributed by atoms with Crippen LogP contribution >= 0.6 is 11.6 Å². The van der Waals surface area contributed by atoms with Crippen LogP contribution in [0.3, 0.4) is 0 Å². The van der Waals surface area contributed by atoms with E-state index in [0.717, 1.165) is 12.2 Å². The zero-order chi connectivity index (χ0) is 11.8. The molecule has 0 aromatic heterocycles. The van der Waals surface area contributed by atoms with Gasteiger partial charge in [-0.1, -0.05) is 17.7 Å². The number of methoxy groups -OCH3 is 1. The summed E-state index contributed by atoms with van der Waals surface area (Å²) < 4.78 is 10.6. The first-order chi connectivity index (χ1) is 7.76.